The SMILES string of the molecule is O=C1/C(=C/c2cccnc2)S/C(=N\N=C\c2cc(Br)ccc2O)N1Cc1ccco1. The van der Waals surface area contributed by atoms with E-state index in [1.54, 1.807) is 61.1 Å². The number of phenolic OH excluding ortho intramolecular Hbond substituents is 1. The number of hydrogen-bond donors (Lipinski definition) is 1. The Bertz CT molecular complexity index is 1140. The average molecular weight is 483 g/mol. The summed E-state index contributed by atoms with van der Waals surface area (Å²) in [6.45, 7) is 0.236. The second kappa shape index (κ2) is 9.10. The van der Waals surface area contributed by atoms with Crippen LogP contribution in [0, 0.1) is 0 Å². The standard InChI is InChI=1S/C21H15BrN4O3S/c22-16-5-6-18(27)15(10-16)12-24-25-21-26(13-17-4-2-8-29-17)20(28)19(30-21)9-14-3-1-7-23-11-14/h1-12,27H,13H2/b19-9-,24-12+,25-21-. The Kier molecular flexibility index (Phi) is 6.10. The van der Waals surface area contributed by atoms with Gasteiger partial charge in [0.05, 0.1) is 23.9 Å². The van der Waals surface area contributed by atoms with Crippen molar-refractivity contribution >= 4 is 51.1 Å². The van der Waals surface area contributed by atoms with Gasteiger partial charge in [-0.15, -0.1) is 5.10 Å². The van der Waals surface area contributed by atoms with Gasteiger partial charge in [0.15, 0.2) is 5.17 Å². The number of nitrogens with zero attached hydrogens (tertiary/aromatic N) is 4. The second-order valence-electron chi connectivity index (χ2n) is 6.20. The van der Waals surface area contributed by atoms with E-state index in [0.29, 0.717) is 21.4 Å². The molecule has 0 atom stereocenters. The minimum absolute atomic E-state index is 0.0851. The molecule has 1 N–H and O–H groups in total. The monoisotopic (exact) mass is 482 g/mol. The average Bonchev–Trinajstić information content (AvgIpc) is 3.36. The molecule has 1 aliphatic rings. The van der Waals surface area contributed by atoms with Crippen molar-refractivity contribution in [3.8, 4) is 5.75 Å². The highest BCUT2D eigenvalue weighted by Crippen LogP contribution is 2.33. The van der Waals surface area contributed by atoms with E-state index in [2.05, 4.69) is 31.1 Å². The normalized spacial score (nSPS) is 17.0. The number of furan rings is 1. The maximum absolute atomic E-state index is 13.0. The first-order valence-corrected chi connectivity index (χ1v) is 10.4. The number of benzene rings is 1. The predicted octanol–water partition coefficient (Wildman–Crippen LogP) is 4.65. The van der Waals surface area contributed by atoms with E-state index in [0.717, 1.165) is 10.0 Å². The summed E-state index contributed by atoms with van der Waals surface area (Å²) >= 11 is 4.57. The Hall–Kier alpha value is -3.17. The van der Waals surface area contributed by atoms with Crippen LogP contribution < -0.4 is 0 Å². The highest BCUT2D eigenvalue weighted by atomic mass is 79.9. The molecular weight excluding hydrogens is 468 g/mol. The summed E-state index contributed by atoms with van der Waals surface area (Å²) < 4.78 is 6.19. The van der Waals surface area contributed by atoms with Gasteiger partial charge in [-0.1, -0.05) is 22.0 Å². The lowest BCUT2D eigenvalue weighted by atomic mass is 10.2. The summed E-state index contributed by atoms with van der Waals surface area (Å²) in [5.74, 6) is 0.523. The fraction of sp³-hybridized carbons (Fsp3) is 0.0476. The molecule has 2 aromatic heterocycles. The Morgan fingerprint density at radius 2 is 2.17 bits per heavy atom. The molecule has 30 heavy (non-hydrogen) atoms. The van der Waals surface area contributed by atoms with Gasteiger partial charge in [0.25, 0.3) is 5.91 Å². The van der Waals surface area contributed by atoms with Crippen molar-refractivity contribution in [2.45, 2.75) is 6.54 Å². The van der Waals surface area contributed by atoms with E-state index in [1.807, 2.05) is 6.07 Å². The van der Waals surface area contributed by atoms with Crippen LogP contribution in [0.15, 0.2) is 85.1 Å². The van der Waals surface area contributed by atoms with Crippen LogP contribution in [0.3, 0.4) is 0 Å². The summed E-state index contributed by atoms with van der Waals surface area (Å²) in [4.78, 5) is 19.1. The Balaban J connectivity index is 1.63. The molecule has 150 valence electrons. The molecule has 7 nitrogen and oxygen atoms in total. The topological polar surface area (TPSA) is 91.3 Å². The van der Waals surface area contributed by atoms with Crippen LogP contribution in [0.5, 0.6) is 5.75 Å². The van der Waals surface area contributed by atoms with Crippen LogP contribution in [-0.2, 0) is 11.3 Å². The van der Waals surface area contributed by atoms with Crippen molar-refractivity contribution in [3.05, 3.63) is 87.4 Å². The van der Waals surface area contributed by atoms with E-state index in [4.69, 9.17) is 4.42 Å². The second-order valence-corrected chi connectivity index (χ2v) is 8.12. The fourth-order valence-electron chi connectivity index (χ4n) is 2.66. The molecule has 1 aliphatic heterocycles. The smallest absolute Gasteiger partial charge is 0.267 e. The van der Waals surface area contributed by atoms with Crippen molar-refractivity contribution in [3.63, 3.8) is 0 Å². The molecule has 1 amide bonds. The third kappa shape index (κ3) is 4.69. The van der Waals surface area contributed by atoms with Crippen molar-refractivity contribution < 1.29 is 14.3 Å². The van der Waals surface area contributed by atoms with Gasteiger partial charge in [-0.3, -0.25) is 14.7 Å². The molecule has 0 bridgehead atoms. The Morgan fingerprint density at radius 3 is 2.93 bits per heavy atom. The molecule has 1 aromatic carbocycles. The molecule has 0 saturated carbocycles. The Labute approximate surface area is 185 Å². The summed E-state index contributed by atoms with van der Waals surface area (Å²) in [6, 6.07) is 12.2. The zero-order valence-electron chi connectivity index (χ0n) is 15.5. The van der Waals surface area contributed by atoms with Gasteiger partial charge >= 0.3 is 0 Å². The molecule has 3 aromatic rings. The van der Waals surface area contributed by atoms with E-state index in [1.165, 1.54) is 22.9 Å². The predicted molar refractivity (Wildman–Crippen MR) is 120 cm³/mol. The van der Waals surface area contributed by atoms with Crippen LogP contribution >= 0.6 is 27.7 Å². The number of thioether (sulfide) groups is 1. The van der Waals surface area contributed by atoms with E-state index in [-0.39, 0.29) is 18.2 Å². The van der Waals surface area contributed by atoms with Crippen molar-refractivity contribution in [1.82, 2.24) is 9.88 Å². The van der Waals surface area contributed by atoms with Crippen LogP contribution in [0.1, 0.15) is 16.9 Å². The number of amides is 1. The number of carbonyl (C=O) groups is 1. The maximum atomic E-state index is 13.0. The summed E-state index contributed by atoms with van der Waals surface area (Å²) in [7, 11) is 0. The van der Waals surface area contributed by atoms with Gasteiger partial charge in [0.1, 0.15) is 11.5 Å². The van der Waals surface area contributed by atoms with Crippen LogP contribution in [0.25, 0.3) is 6.08 Å². The number of phenols is 1. The fourth-order valence-corrected chi connectivity index (χ4v) is 3.98. The zero-order valence-corrected chi connectivity index (χ0v) is 17.9. The molecule has 0 radical (unpaired) electrons. The van der Waals surface area contributed by atoms with Gasteiger partial charge in [-0.25, -0.2) is 0 Å². The number of carbonyl (C=O) groups excluding carboxylic acids is 1. The van der Waals surface area contributed by atoms with E-state index >= 15 is 0 Å². The first-order chi connectivity index (χ1) is 14.6. The first-order valence-electron chi connectivity index (χ1n) is 8.83. The highest BCUT2D eigenvalue weighted by Gasteiger charge is 2.34. The molecule has 0 spiro atoms. The quantitative estimate of drug-likeness (QED) is 0.324. The van der Waals surface area contributed by atoms with E-state index < -0.39 is 0 Å². The molecule has 0 unspecified atom stereocenters. The number of pyridine rings is 1. The van der Waals surface area contributed by atoms with Crippen molar-refractivity contribution in [2.24, 2.45) is 10.2 Å². The highest BCUT2D eigenvalue weighted by molar-refractivity contribution is 9.10. The number of aromatic nitrogens is 1. The number of amidine groups is 1. The van der Waals surface area contributed by atoms with Crippen molar-refractivity contribution in [2.75, 3.05) is 0 Å². The summed E-state index contributed by atoms with van der Waals surface area (Å²) in [6.07, 6.45) is 8.11. The largest absolute Gasteiger partial charge is 0.507 e. The van der Waals surface area contributed by atoms with Gasteiger partial charge in [0.2, 0.25) is 0 Å². The molecule has 1 fully saturated rings. The lowest BCUT2D eigenvalue weighted by Gasteiger charge is -2.12. The third-order valence-corrected chi connectivity index (χ3v) is 5.58. The molecule has 1 saturated heterocycles. The molecule has 4 rings (SSSR count). The third-order valence-electron chi connectivity index (χ3n) is 4.09. The van der Waals surface area contributed by atoms with Gasteiger partial charge in [-0.05, 0) is 59.8 Å². The zero-order chi connectivity index (χ0) is 20.9. The number of hydrogen-bond acceptors (Lipinski definition) is 7. The Morgan fingerprint density at radius 1 is 1.27 bits per heavy atom. The number of rotatable bonds is 5. The van der Waals surface area contributed by atoms with Crippen LogP contribution in [0.4, 0.5) is 0 Å². The van der Waals surface area contributed by atoms with E-state index in [9.17, 15) is 9.90 Å². The number of aromatic hydroxyl groups is 1. The van der Waals surface area contributed by atoms with Gasteiger partial charge < -0.3 is 9.52 Å². The first kappa shape index (κ1) is 20.1. The molecule has 0 aliphatic carbocycles. The minimum Gasteiger partial charge on any atom is -0.507 e. The number of halogens is 1. The summed E-state index contributed by atoms with van der Waals surface area (Å²) in [5, 5.41) is 18.7. The minimum atomic E-state index is -0.195. The molecular formula is C21H15BrN4O3S. The molecule has 9 heteroatoms. The van der Waals surface area contributed by atoms with Gasteiger partial charge in [-0.2, -0.15) is 5.10 Å². The van der Waals surface area contributed by atoms with Crippen molar-refractivity contribution in [1.29, 1.82) is 0 Å². The van der Waals surface area contributed by atoms with Crippen LogP contribution in [0.2, 0.25) is 0 Å². The summed E-state index contributed by atoms with van der Waals surface area (Å²) in [5.41, 5.74) is 1.32. The van der Waals surface area contributed by atoms with Crippen LogP contribution in [-0.4, -0.2) is 32.3 Å². The lowest BCUT2D eigenvalue weighted by Crippen LogP contribution is -2.28. The van der Waals surface area contributed by atoms with Gasteiger partial charge in [0, 0.05) is 22.4 Å². The maximum Gasteiger partial charge on any atom is 0.267 e. The lowest BCUT2D eigenvalue weighted by molar-refractivity contribution is -0.122. The molecule has 3 heterocycles.